The quantitative estimate of drug-likeness (QED) is 0.405. The molecule has 2 atom stereocenters. The summed E-state index contributed by atoms with van der Waals surface area (Å²) in [5.74, 6) is 1.62. The summed E-state index contributed by atoms with van der Waals surface area (Å²) in [5, 5.41) is 14.3. The van der Waals surface area contributed by atoms with Crippen molar-refractivity contribution < 1.29 is 19.4 Å². The van der Waals surface area contributed by atoms with E-state index in [4.69, 9.17) is 9.47 Å². The first kappa shape index (κ1) is 26.3. The van der Waals surface area contributed by atoms with Gasteiger partial charge in [0.1, 0.15) is 18.1 Å². The van der Waals surface area contributed by atoms with E-state index in [0.29, 0.717) is 13.2 Å². The van der Waals surface area contributed by atoms with Crippen LogP contribution in [0, 0.1) is 0 Å². The Morgan fingerprint density at radius 1 is 0.921 bits per heavy atom. The van der Waals surface area contributed by atoms with Gasteiger partial charge >= 0.3 is 0 Å². The first-order valence-electron chi connectivity index (χ1n) is 13.8. The van der Waals surface area contributed by atoms with E-state index in [9.17, 15) is 9.90 Å². The second kappa shape index (κ2) is 12.9. The van der Waals surface area contributed by atoms with Crippen molar-refractivity contribution in [1.82, 2.24) is 10.2 Å². The van der Waals surface area contributed by atoms with Crippen molar-refractivity contribution in [1.29, 1.82) is 0 Å². The zero-order chi connectivity index (χ0) is 26.2. The molecular formula is C32H38N2O4. The highest BCUT2D eigenvalue weighted by Crippen LogP contribution is 2.26. The number of nitrogens with one attached hydrogen (secondary N) is 1. The number of amides is 1. The van der Waals surface area contributed by atoms with Crippen LogP contribution in [0.25, 0.3) is 0 Å². The zero-order valence-corrected chi connectivity index (χ0v) is 22.0. The van der Waals surface area contributed by atoms with E-state index in [1.54, 1.807) is 0 Å². The summed E-state index contributed by atoms with van der Waals surface area (Å²) in [6.07, 6.45) is 5.69. The van der Waals surface area contributed by atoms with Gasteiger partial charge in [-0.3, -0.25) is 4.79 Å². The molecular weight excluding hydrogens is 476 g/mol. The normalized spacial score (nSPS) is 17.9. The molecule has 200 valence electrons. The molecule has 5 rings (SSSR count). The third kappa shape index (κ3) is 7.15. The van der Waals surface area contributed by atoms with Crippen LogP contribution in [0.4, 0.5) is 0 Å². The highest BCUT2D eigenvalue weighted by molar-refractivity contribution is 5.77. The Kier molecular flexibility index (Phi) is 8.94. The lowest BCUT2D eigenvalue weighted by molar-refractivity contribution is -0.134. The maximum Gasteiger partial charge on any atom is 0.260 e. The van der Waals surface area contributed by atoms with Gasteiger partial charge in [-0.15, -0.1) is 0 Å². The smallest absolute Gasteiger partial charge is 0.260 e. The Hall–Kier alpha value is -3.35. The van der Waals surface area contributed by atoms with Crippen LogP contribution in [0.1, 0.15) is 54.0 Å². The molecule has 2 aliphatic rings. The minimum atomic E-state index is -0.588. The van der Waals surface area contributed by atoms with Gasteiger partial charge in [-0.05, 0) is 85.0 Å². The van der Waals surface area contributed by atoms with Crippen molar-refractivity contribution >= 4 is 5.91 Å². The molecule has 0 spiro atoms. The molecule has 1 fully saturated rings. The number of nitrogens with zero attached hydrogens (tertiary/aromatic N) is 1. The summed E-state index contributed by atoms with van der Waals surface area (Å²) >= 11 is 0. The predicted octanol–water partition coefficient (Wildman–Crippen LogP) is 4.84. The molecule has 6 nitrogen and oxygen atoms in total. The van der Waals surface area contributed by atoms with Crippen LogP contribution in [-0.2, 0) is 24.2 Å². The number of benzene rings is 3. The van der Waals surface area contributed by atoms with Crippen LogP contribution >= 0.6 is 0 Å². The van der Waals surface area contributed by atoms with Gasteiger partial charge in [-0.25, -0.2) is 0 Å². The molecule has 38 heavy (non-hydrogen) atoms. The Labute approximate surface area is 225 Å². The van der Waals surface area contributed by atoms with Crippen molar-refractivity contribution in [3.63, 3.8) is 0 Å². The Morgan fingerprint density at radius 2 is 1.68 bits per heavy atom. The number of hydrogen-bond acceptors (Lipinski definition) is 5. The minimum Gasteiger partial charge on any atom is -0.489 e. The predicted molar refractivity (Wildman–Crippen MR) is 148 cm³/mol. The zero-order valence-electron chi connectivity index (χ0n) is 22.0. The second-order valence-electron chi connectivity index (χ2n) is 10.4. The van der Waals surface area contributed by atoms with E-state index in [1.807, 2.05) is 65.6 Å². The summed E-state index contributed by atoms with van der Waals surface area (Å²) in [5.41, 5.74) is 4.59. The molecule has 0 radical (unpaired) electrons. The highest BCUT2D eigenvalue weighted by Gasteiger charge is 2.21. The first-order chi connectivity index (χ1) is 18.6. The Bertz CT molecular complexity index is 1180. The van der Waals surface area contributed by atoms with Gasteiger partial charge in [0.05, 0.1) is 6.10 Å². The van der Waals surface area contributed by atoms with Crippen molar-refractivity contribution in [3.8, 4) is 11.5 Å². The molecule has 3 aromatic carbocycles. The van der Waals surface area contributed by atoms with E-state index in [2.05, 4.69) is 17.4 Å². The Balaban J connectivity index is 1.08. The van der Waals surface area contributed by atoms with E-state index in [-0.39, 0.29) is 18.6 Å². The fourth-order valence-corrected chi connectivity index (χ4v) is 5.30. The van der Waals surface area contributed by atoms with E-state index < -0.39 is 6.10 Å². The third-order valence-corrected chi connectivity index (χ3v) is 7.59. The van der Waals surface area contributed by atoms with E-state index in [1.165, 1.54) is 17.5 Å². The van der Waals surface area contributed by atoms with Crippen LogP contribution in [0.2, 0.25) is 0 Å². The van der Waals surface area contributed by atoms with E-state index in [0.717, 1.165) is 67.8 Å². The summed E-state index contributed by atoms with van der Waals surface area (Å²) < 4.78 is 11.7. The molecule has 2 N–H and O–H groups in total. The second-order valence-corrected chi connectivity index (χ2v) is 10.4. The van der Waals surface area contributed by atoms with Gasteiger partial charge in [0.2, 0.25) is 0 Å². The fraction of sp³-hybridized carbons (Fsp3) is 0.406. The summed E-state index contributed by atoms with van der Waals surface area (Å²) in [7, 11) is 0. The summed E-state index contributed by atoms with van der Waals surface area (Å²) in [6.45, 7) is 2.80. The number of carbonyl (C=O) groups excluding carboxylic acids is 1. The highest BCUT2D eigenvalue weighted by atomic mass is 16.5. The van der Waals surface area contributed by atoms with Crippen LogP contribution in [-0.4, -0.2) is 48.2 Å². The van der Waals surface area contributed by atoms with Gasteiger partial charge in [-0.2, -0.15) is 0 Å². The van der Waals surface area contributed by atoms with Crippen LogP contribution in [0.5, 0.6) is 11.5 Å². The molecule has 1 aliphatic heterocycles. The molecule has 1 amide bonds. The molecule has 1 saturated heterocycles. The lowest BCUT2D eigenvalue weighted by Crippen LogP contribution is -2.38. The number of aliphatic hydroxyl groups excluding tert-OH is 1. The topological polar surface area (TPSA) is 71.0 Å². The molecule has 0 bridgehead atoms. The number of aliphatic hydroxyl groups is 1. The lowest BCUT2D eigenvalue weighted by Gasteiger charge is -2.28. The number of ether oxygens (including phenoxy) is 2. The number of aryl methyl sites for hydroxylation is 1. The van der Waals surface area contributed by atoms with Crippen molar-refractivity contribution in [2.45, 2.75) is 57.3 Å². The Morgan fingerprint density at radius 3 is 2.47 bits per heavy atom. The number of fused-ring (bicyclic) bond motifs is 1. The van der Waals surface area contributed by atoms with Gasteiger partial charge < -0.3 is 24.8 Å². The van der Waals surface area contributed by atoms with Crippen LogP contribution in [0.3, 0.4) is 0 Å². The van der Waals surface area contributed by atoms with Crippen molar-refractivity contribution in [2.24, 2.45) is 0 Å². The molecule has 1 heterocycles. The molecule has 0 unspecified atom stereocenters. The van der Waals surface area contributed by atoms with Gasteiger partial charge in [-0.1, -0.05) is 48.5 Å². The van der Waals surface area contributed by atoms with Crippen molar-refractivity contribution in [3.05, 3.63) is 95.1 Å². The molecule has 0 saturated carbocycles. The first-order valence-corrected chi connectivity index (χ1v) is 13.8. The molecule has 1 aliphatic carbocycles. The number of piperidine rings is 1. The lowest BCUT2D eigenvalue weighted by atomic mass is 9.88. The van der Waals surface area contributed by atoms with Crippen LogP contribution < -0.4 is 14.8 Å². The van der Waals surface area contributed by atoms with Crippen molar-refractivity contribution in [2.75, 3.05) is 26.2 Å². The summed E-state index contributed by atoms with van der Waals surface area (Å²) in [4.78, 5) is 14.4. The number of carbonyl (C=O) groups is 1. The summed E-state index contributed by atoms with van der Waals surface area (Å²) in [6, 6.07) is 24.2. The third-order valence-electron chi connectivity index (χ3n) is 7.59. The van der Waals surface area contributed by atoms with Gasteiger partial charge in [0.25, 0.3) is 5.91 Å². The minimum absolute atomic E-state index is 0.0757. The fourth-order valence-electron chi connectivity index (χ4n) is 5.30. The molecule has 6 heteroatoms. The largest absolute Gasteiger partial charge is 0.489 e. The number of hydrogen-bond donors (Lipinski definition) is 2. The van der Waals surface area contributed by atoms with E-state index >= 15 is 0 Å². The SMILES string of the molecule is O=C(COc1ccc2c(c1)C[C@@H](NC[C@@H](O)c1ccc(OCc3ccccc3)cc1)CC2)N1CCCCC1. The maximum atomic E-state index is 12.4. The average molecular weight is 515 g/mol. The molecule has 0 aromatic heterocycles. The number of likely N-dealkylation sites (tertiary alicyclic amines) is 1. The average Bonchev–Trinajstić information content (AvgIpc) is 2.98. The monoisotopic (exact) mass is 514 g/mol. The number of rotatable bonds is 10. The molecule has 3 aromatic rings. The van der Waals surface area contributed by atoms with Gasteiger partial charge in [0.15, 0.2) is 6.61 Å². The van der Waals surface area contributed by atoms with Gasteiger partial charge in [0, 0.05) is 25.7 Å². The van der Waals surface area contributed by atoms with Crippen LogP contribution in [0.15, 0.2) is 72.8 Å². The standard InChI is InChI=1S/C32H38N2O4/c35-31(26-11-14-29(15-12-26)37-22-24-7-3-1-4-8-24)21-33-28-13-9-25-10-16-30(20-27(25)19-28)38-23-32(36)34-17-5-2-6-18-34/h1,3-4,7-8,10-12,14-16,20,28,31,33,35H,2,5-6,9,13,17-19,21-23H2/t28-,31+/m0/s1. The maximum absolute atomic E-state index is 12.4.